The van der Waals surface area contributed by atoms with Gasteiger partial charge >= 0.3 is 0 Å². The molecular weight excluding hydrogens is 657 g/mol. The van der Waals surface area contributed by atoms with Gasteiger partial charge in [0.25, 0.3) is 0 Å². The first-order valence-corrected chi connectivity index (χ1v) is 16.2. The van der Waals surface area contributed by atoms with E-state index in [1.54, 1.807) is 6.92 Å². The summed E-state index contributed by atoms with van der Waals surface area (Å²) < 4.78 is 18.3. The van der Waals surface area contributed by atoms with Crippen molar-refractivity contribution in [3.63, 3.8) is 0 Å². The molecule has 11 nitrogen and oxygen atoms in total. The van der Waals surface area contributed by atoms with Crippen LogP contribution in [-0.4, -0.2) is 100 Å². The van der Waals surface area contributed by atoms with Gasteiger partial charge in [-0.3, -0.25) is 14.4 Å². The van der Waals surface area contributed by atoms with Gasteiger partial charge in [0.05, 0.1) is 47.9 Å². The van der Waals surface area contributed by atoms with Crippen molar-refractivity contribution in [1.29, 1.82) is 0 Å². The normalized spacial score (nSPS) is 34.0. The second kappa shape index (κ2) is 16.3. The van der Waals surface area contributed by atoms with Crippen LogP contribution in [-0.2, 0) is 28.6 Å². The number of hydrogen-bond donors (Lipinski definition) is 5. The summed E-state index contributed by atoms with van der Waals surface area (Å²) in [7, 11) is 0. The highest BCUT2D eigenvalue weighted by molar-refractivity contribution is 14.1. The highest BCUT2D eigenvalue weighted by atomic mass is 127. The first-order valence-electron chi connectivity index (χ1n) is 14.7. The topological polar surface area (TPSA) is 159 Å². The Hall–Kier alpha value is -1.84. The molecule has 1 unspecified atom stereocenters. The third-order valence-corrected chi connectivity index (χ3v) is 8.58. The highest BCUT2D eigenvalue weighted by Crippen LogP contribution is 2.43. The molecule has 3 aliphatic rings. The number of ether oxygens (including phenoxy) is 3. The minimum Gasteiger partial charge on any atom is -0.389 e. The number of aliphatic hydroxyl groups excluding tert-OH is 2. The minimum atomic E-state index is -0.825. The molecule has 1 spiro atoms. The lowest BCUT2D eigenvalue weighted by Gasteiger charge is -2.39. The number of aliphatic hydroxyl groups is 2. The number of epoxide rings is 1. The Labute approximate surface area is 262 Å². The van der Waals surface area contributed by atoms with Crippen molar-refractivity contribution in [3.05, 3.63) is 36.0 Å². The van der Waals surface area contributed by atoms with Crippen LogP contribution in [0.5, 0.6) is 0 Å². The molecule has 9 atom stereocenters. The molecule has 3 amide bonds. The lowest BCUT2D eigenvalue weighted by molar-refractivity contribution is -0.145. The van der Waals surface area contributed by atoms with Crippen LogP contribution in [0.15, 0.2) is 36.0 Å². The lowest BCUT2D eigenvalue weighted by Crippen LogP contribution is -2.51. The van der Waals surface area contributed by atoms with Gasteiger partial charge in [-0.2, -0.15) is 0 Å². The lowest BCUT2D eigenvalue weighted by atomic mass is 9.87. The van der Waals surface area contributed by atoms with Gasteiger partial charge in [-0.15, -0.1) is 0 Å². The average Bonchev–Trinajstić information content (AvgIpc) is 3.71. The molecule has 0 aromatic heterocycles. The number of carbonyl (C=O) groups is 3. The van der Waals surface area contributed by atoms with Crippen molar-refractivity contribution in [2.45, 2.75) is 102 Å². The molecule has 0 bridgehead atoms. The van der Waals surface area contributed by atoms with Crippen molar-refractivity contribution in [2.75, 3.05) is 24.1 Å². The van der Waals surface area contributed by atoms with E-state index in [4.69, 9.17) is 14.2 Å². The van der Waals surface area contributed by atoms with E-state index < -0.39 is 30.0 Å². The van der Waals surface area contributed by atoms with E-state index in [2.05, 4.69) is 29.0 Å². The molecule has 3 rings (SSSR count). The molecule has 0 radical (unpaired) electrons. The summed E-state index contributed by atoms with van der Waals surface area (Å²) in [4.78, 5) is 35.9. The van der Waals surface area contributed by atoms with Crippen molar-refractivity contribution in [3.8, 4) is 0 Å². The van der Waals surface area contributed by atoms with E-state index in [-0.39, 0.29) is 48.3 Å². The molecule has 3 fully saturated rings. The van der Waals surface area contributed by atoms with Crippen LogP contribution >= 0.6 is 22.6 Å². The van der Waals surface area contributed by atoms with Gasteiger partial charge in [-0.1, -0.05) is 59.4 Å². The molecular formula is C30H46IN3O8. The smallest absolute Gasteiger partial charge is 0.244 e. The number of nitrogens with one attached hydrogen (secondary N) is 3. The minimum absolute atomic E-state index is 0.00180. The van der Waals surface area contributed by atoms with Crippen LogP contribution in [0.25, 0.3) is 0 Å². The van der Waals surface area contributed by atoms with E-state index in [0.717, 1.165) is 12.0 Å². The summed E-state index contributed by atoms with van der Waals surface area (Å²) in [6, 6.07) is -0.106. The fraction of sp³-hybridized carbons (Fsp3) is 0.700. The Bertz CT molecular complexity index is 1030. The molecule has 5 N–H and O–H groups in total. The standard InChI is InChI=1S/C30H46IN3O8/c1-18(5-8-24-19(2)13-23(21(4)41-24)34-26(36)10-7-20(3)35)6-9-25-29(39)30(17-40-30)15-22(42-25)14-27(37)32-11-12-33-28(38)16-31/h5-7,9-10,19-25,29,35,39H,8,11-17H2,1-4H3,(H,32,37)(H,33,38)(H,34,36)/b9-6+,10-7-,18-5+/t19-,20-,21+,22+,23+,24-,25+,29?,30+/m0/s1. The summed E-state index contributed by atoms with van der Waals surface area (Å²) in [5, 5.41) is 28.7. The predicted octanol–water partition coefficient (Wildman–Crippen LogP) is 1.46. The molecule has 3 heterocycles. The quantitative estimate of drug-likeness (QED) is 0.0482. The monoisotopic (exact) mass is 703 g/mol. The Morgan fingerprint density at radius 3 is 2.45 bits per heavy atom. The summed E-state index contributed by atoms with van der Waals surface area (Å²) in [6.07, 6.45) is 8.05. The van der Waals surface area contributed by atoms with Crippen LogP contribution in [0.3, 0.4) is 0 Å². The van der Waals surface area contributed by atoms with Crippen molar-refractivity contribution in [1.82, 2.24) is 16.0 Å². The number of hydrogen-bond acceptors (Lipinski definition) is 8. The highest BCUT2D eigenvalue weighted by Gasteiger charge is 2.58. The number of alkyl halides is 1. The van der Waals surface area contributed by atoms with Gasteiger partial charge in [0.15, 0.2) is 0 Å². The van der Waals surface area contributed by atoms with E-state index in [1.165, 1.54) is 12.2 Å². The van der Waals surface area contributed by atoms with Gasteiger partial charge in [0.2, 0.25) is 17.7 Å². The summed E-state index contributed by atoms with van der Waals surface area (Å²) >= 11 is 1.98. The maximum atomic E-state index is 12.4. The number of rotatable bonds is 13. The van der Waals surface area contributed by atoms with Gasteiger partial charge in [-0.05, 0) is 39.5 Å². The molecule has 12 heteroatoms. The van der Waals surface area contributed by atoms with Crippen LogP contribution < -0.4 is 16.0 Å². The Morgan fingerprint density at radius 2 is 1.81 bits per heavy atom. The number of allylic oxidation sites excluding steroid dienone is 2. The second-order valence-corrected chi connectivity index (χ2v) is 12.4. The second-order valence-electron chi connectivity index (χ2n) is 11.6. The summed E-state index contributed by atoms with van der Waals surface area (Å²) in [6.45, 7) is 8.77. The van der Waals surface area contributed by atoms with Crippen LogP contribution in [0.2, 0.25) is 0 Å². The molecule has 0 aromatic rings. The van der Waals surface area contributed by atoms with E-state index in [0.29, 0.717) is 37.0 Å². The van der Waals surface area contributed by atoms with Gasteiger partial charge in [-0.25, -0.2) is 0 Å². The van der Waals surface area contributed by atoms with Gasteiger partial charge in [0, 0.05) is 25.6 Å². The van der Waals surface area contributed by atoms with Gasteiger partial charge < -0.3 is 40.4 Å². The third kappa shape index (κ3) is 10.7. The molecule has 0 aromatic carbocycles. The van der Waals surface area contributed by atoms with Crippen LogP contribution in [0.1, 0.15) is 53.4 Å². The zero-order chi connectivity index (χ0) is 30.9. The number of carbonyl (C=O) groups excluding carboxylic acids is 3. The average molecular weight is 704 g/mol. The van der Waals surface area contributed by atoms with Crippen molar-refractivity contribution in [2.24, 2.45) is 5.92 Å². The molecule has 236 valence electrons. The van der Waals surface area contributed by atoms with E-state index in [1.807, 2.05) is 48.6 Å². The summed E-state index contributed by atoms with van der Waals surface area (Å²) in [5.74, 6) is -0.267. The van der Waals surface area contributed by atoms with Crippen molar-refractivity contribution >= 4 is 40.3 Å². The number of amides is 3. The van der Waals surface area contributed by atoms with Crippen LogP contribution in [0.4, 0.5) is 0 Å². The first-order chi connectivity index (χ1) is 19.9. The molecule has 3 saturated heterocycles. The van der Waals surface area contributed by atoms with E-state index in [9.17, 15) is 24.6 Å². The Morgan fingerprint density at radius 1 is 1.12 bits per heavy atom. The van der Waals surface area contributed by atoms with Crippen LogP contribution in [0, 0.1) is 5.92 Å². The zero-order valence-electron chi connectivity index (χ0n) is 24.9. The first kappa shape index (κ1) is 34.6. The Balaban J connectivity index is 1.48. The van der Waals surface area contributed by atoms with Crippen molar-refractivity contribution < 1.29 is 38.8 Å². The van der Waals surface area contributed by atoms with Gasteiger partial charge in [0.1, 0.15) is 17.8 Å². The SMILES string of the molecule is CC(/C=C/[C@H]1O[C@H](CC(=O)NCCNC(=O)CI)C[C@@]2(CO2)C1O)=C\C[C@@H]1O[C@H](C)[C@H](NC(=O)/C=C\[C@H](C)O)C[C@@H]1C. The molecule has 42 heavy (non-hydrogen) atoms. The molecule has 3 aliphatic heterocycles. The molecule has 0 aliphatic carbocycles. The molecule has 0 saturated carbocycles. The fourth-order valence-corrected chi connectivity index (χ4v) is 5.59. The summed E-state index contributed by atoms with van der Waals surface area (Å²) in [5.41, 5.74) is 0.316. The Kier molecular flexibility index (Phi) is 13.4. The maximum absolute atomic E-state index is 12.4. The number of halogens is 1. The van der Waals surface area contributed by atoms with E-state index >= 15 is 0 Å². The largest absolute Gasteiger partial charge is 0.389 e. The third-order valence-electron chi connectivity index (χ3n) is 7.88. The predicted molar refractivity (Wildman–Crippen MR) is 166 cm³/mol. The maximum Gasteiger partial charge on any atom is 0.244 e. The zero-order valence-corrected chi connectivity index (χ0v) is 27.0. The fourth-order valence-electron chi connectivity index (χ4n) is 5.32.